The van der Waals surface area contributed by atoms with Gasteiger partial charge in [0.05, 0.1) is 11.6 Å². The van der Waals surface area contributed by atoms with Crippen LogP contribution >= 0.6 is 0 Å². The zero-order valence-corrected chi connectivity index (χ0v) is 12.9. The molecule has 1 heterocycles. The Bertz CT molecular complexity index is 720. The first-order chi connectivity index (χ1) is 11.1. The van der Waals surface area contributed by atoms with Gasteiger partial charge in [0.2, 0.25) is 0 Å². The lowest BCUT2D eigenvalue weighted by atomic mass is 10.0. The second-order valence-electron chi connectivity index (χ2n) is 5.75. The number of benzene rings is 2. The smallest absolute Gasteiger partial charge is 0.256 e. The van der Waals surface area contributed by atoms with Crippen molar-refractivity contribution in [2.75, 3.05) is 26.7 Å². The Kier molecular flexibility index (Phi) is 4.39. The normalized spacial score (nSPS) is 18.9. The van der Waals surface area contributed by atoms with Crippen molar-refractivity contribution < 1.29 is 13.6 Å². The topological polar surface area (TPSA) is 23.6 Å². The number of carbonyl (C=O) groups excluding carboxylic acids is 1. The fourth-order valence-electron chi connectivity index (χ4n) is 2.94. The van der Waals surface area contributed by atoms with Crippen LogP contribution < -0.4 is 0 Å². The molecule has 2 aromatic rings. The molecule has 0 bridgehead atoms. The first kappa shape index (κ1) is 15.6. The van der Waals surface area contributed by atoms with E-state index in [4.69, 9.17) is 0 Å². The number of rotatable bonds is 2. The van der Waals surface area contributed by atoms with Crippen LogP contribution in [-0.2, 0) is 0 Å². The van der Waals surface area contributed by atoms with E-state index in [0.29, 0.717) is 25.2 Å². The third-order valence-corrected chi connectivity index (χ3v) is 4.30. The number of likely N-dealkylation sites (N-methyl/N-ethyl adjacent to an activating group) is 1. The van der Waals surface area contributed by atoms with Gasteiger partial charge in [-0.15, -0.1) is 0 Å². The number of nitrogens with zero attached hydrogens (tertiary/aromatic N) is 2. The van der Waals surface area contributed by atoms with Crippen molar-refractivity contribution in [3.63, 3.8) is 0 Å². The number of hydrogen-bond donors (Lipinski definition) is 0. The van der Waals surface area contributed by atoms with Crippen molar-refractivity contribution in [3.05, 3.63) is 71.3 Å². The third-order valence-electron chi connectivity index (χ3n) is 4.30. The molecule has 1 aliphatic rings. The molecule has 1 fully saturated rings. The third kappa shape index (κ3) is 3.10. The van der Waals surface area contributed by atoms with Crippen molar-refractivity contribution in [2.45, 2.75) is 6.04 Å². The van der Waals surface area contributed by atoms with Crippen LogP contribution in [0, 0.1) is 11.6 Å². The molecule has 1 saturated heterocycles. The lowest BCUT2D eigenvalue weighted by Gasteiger charge is -2.39. The van der Waals surface area contributed by atoms with Crippen LogP contribution in [0.1, 0.15) is 22.0 Å². The van der Waals surface area contributed by atoms with E-state index in [0.717, 1.165) is 0 Å². The number of piperazine rings is 1. The average molecular weight is 316 g/mol. The van der Waals surface area contributed by atoms with Gasteiger partial charge >= 0.3 is 0 Å². The fraction of sp³-hybridized carbons (Fsp3) is 0.278. The van der Waals surface area contributed by atoms with Gasteiger partial charge in [-0.05, 0) is 25.2 Å². The minimum absolute atomic E-state index is 0.0596. The first-order valence-corrected chi connectivity index (χ1v) is 7.56. The van der Waals surface area contributed by atoms with Crippen LogP contribution in [0.2, 0.25) is 0 Å². The molecule has 0 aliphatic carbocycles. The van der Waals surface area contributed by atoms with Crippen LogP contribution in [0.5, 0.6) is 0 Å². The molecular weight excluding hydrogens is 298 g/mol. The first-order valence-electron chi connectivity index (χ1n) is 7.56. The highest BCUT2D eigenvalue weighted by Crippen LogP contribution is 2.27. The summed E-state index contributed by atoms with van der Waals surface area (Å²) in [5.74, 6) is -1.17. The average Bonchev–Trinajstić information content (AvgIpc) is 2.56. The number of hydrogen-bond acceptors (Lipinski definition) is 2. The monoisotopic (exact) mass is 316 g/mol. The summed E-state index contributed by atoms with van der Waals surface area (Å²) in [7, 11) is 1.90. The molecule has 1 amide bonds. The van der Waals surface area contributed by atoms with Gasteiger partial charge in [-0.1, -0.05) is 30.3 Å². The maximum absolute atomic E-state index is 14.1. The fourth-order valence-corrected chi connectivity index (χ4v) is 2.94. The van der Waals surface area contributed by atoms with Gasteiger partial charge in [-0.2, -0.15) is 0 Å². The molecule has 120 valence electrons. The summed E-state index contributed by atoms with van der Waals surface area (Å²) in [6, 6.07) is 12.3. The summed E-state index contributed by atoms with van der Waals surface area (Å²) in [4.78, 5) is 16.2. The SMILES string of the molecule is CN1CCN(C(=O)c2ccccc2F)CC1c1ccccc1F. The van der Waals surface area contributed by atoms with E-state index in [2.05, 4.69) is 0 Å². The highest BCUT2D eigenvalue weighted by molar-refractivity contribution is 5.94. The largest absolute Gasteiger partial charge is 0.335 e. The molecule has 0 aromatic heterocycles. The highest BCUT2D eigenvalue weighted by atomic mass is 19.1. The Morgan fingerprint density at radius 3 is 2.35 bits per heavy atom. The van der Waals surface area contributed by atoms with Crippen LogP contribution in [0.4, 0.5) is 8.78 Å². The van der Waals surface area contributed by atoms with Gasteiger partial charge in [-0.25, -0.2) is 8.78 Å². The van der Waals surface area contributed by atoms with Gasteiger partial charge in [0, 0.05) is 25.2 Å². The van der Waals surface area contributed by atoms with Crippen LogP contribution in [0.3, 0.4) is 0 Å². The van der Waals surface area contributed by atoms with Gasteiger partial charge < -0.3 is 4.90 Å². The Morgan fingerprint density at radius 2 is 1.65 bits per heavy atom. The molecule has 0 saturated carbocycles. The zero-order chi connectivity index (χ0) is 16.4. The summed E-state index contributed by atoms with van der Waals surface area (Å²) in [5.41, 5.74) is 0.616. The van der Waals surface area contributed by atoms with E-state index in [1.807, 2.05) is 11.9 Å². The van der Waals surface area contributed by atoms with Crippen LogP contribution in [0.15, 0.2) is 48.5 Å². The van der Waals surface area contributed by atoms with E-state index >= 15 is 0 Å². The molecule has 1 unspecified atom stereocenters. The van der Waals surface area contributed by atoms with E-state index in [9.17, 15) is 13.6 Å². The maximum atomic E-state index is 14.1. The predicted molar refractivity (Wildman–Crippen MR) is 84.1 cm³/mol. The molecule has 3 nitrogen and oxygen atoms in total. The summed E-state index contributed by atoms with van der Waals surface area (Å²) >= 11 is 0. The number of halogens is 2. The predicted octanol–water partition coefficient (Wildman–Crippen LogP) is 3.09. The van der Waals surface area contributed by atoms with E-state index < -0.39 is 5.82 Å². The van der Waals surface area contributed by atoms with Crippen LogP contribution in [-0.4, -0.2) is 42.4 Å². The Morgan fingerprint density at radius 1 is 1.00 bits per heavy atom. The summed E-state index contributed by atoms with van der Waals surface area (Å²) in [6.07, 6.45) is 0. The van der Waals surface area contributed by atoms with Crippen LogP contribution in [0.25, 0.3) is 0 Å². The lowest BCUT2D eigenvalue weighted by molar-refractivity contribution is 0.0536. The standard InChI is InChI=1S/C18H18F2N2O/c1-21-10-11-22(18(23)14-7-3-5-9-16(14)20)12-17(21)13-6-2-4-8-15(13)19/h2-9,17H,10-12H2,1H3. The second kappa shape index (κ2) is 6.46. The van der Waals surface area contributed by atoms with Gasteiger partial charge in [0.25, 0.3) is 5.91 Å². The molecule has 0 radical (unpaired) electrons. The minimum atomic E-state index is -0.529. The second-order valence-corrected chi connectivity index (χ2v) is 5.75. The Balaban J connectivity index is 1.85. The molecule has 23 heavy (non-hydrogen) atoms. The Labute approximate surface area is 134 Å². The Hall–Kier alpha value is -2.27. The minimum Gasteiger partial charge on any atom is -0.335 e. The summed E-state index contributed by atoms with van der Waals surface area (Å²) < 4.78 is 27.9. The number of amides is 1. The summed E-state index contributed by atoms with van der Waals surface area (Å²) in [5, 5.41) is 0. The van der Waals surface area contributed by atoms with Crippen molar-refractivity contribution in [2.24, 2.45) is 0 Å². The molecule has 2 aromatic carbocycles. The molecule has 5 heteroatoms. The van der Waals surface area contributed by atoms with Crippen molar-refractivity contribution >= 4 is 5.91 Å². The lowest BCUT2D eigenvalue weighted by Crippen LogP contribution is -2.49. The summed E-state index contributed by atoms with van der Waals surface area (Å²) in [6.45, 7) is 1.44. The van der Waals surface area contributed by atoms with Crippen molar-refractivity contribution in [1.82, 2.24) is 9.80 Å². The molecule has 1 aliphatic heterocycles. The maximum Gasteiger partial charge on any atom is 0.256 e. The van der Waals surface area contributed by atoms with Crippen molar-refractivity contribution in [1.29, 1.82) is 0 Å². The highest BCUT2D eigenvalue weighted by Gasteiger charge is 2.31. The van der Waals surface area contributed by atoms with Gasteiger partial charge in [0.1, 0.15) is 11.6 Å². The number of carbonyl (C=O) groups is 1. The molecule has 0 spiro atoms. The van der Waals surface area contributed by atoms with E-state index in [-0.39, 0.29) is 23.3 Å². The van der Waals surface area contributed by atoms with E-state index in [1.165, 1.54) is 18.2 Å². The van der Waals surface area contributed by atoms with E-state index in [1.54, 1.807) is 35.2 Å². The zero-order valence-electron chi connectivity index (χ0n) is 12.9. The molecule has 1 atom stereocenters. The quantitative estimate of drug-likeness (QED) is 0.850. The van der Waals surface area contributed by atoms with Crippen molar-refractivity contribution in [3.8, 4) is 0 Å². The molecular formula is C18H18F2N2O. The van der Waals surface area contributed by atoms with Gasteiger partial charge in [-0.3, -0.25) is 9.69 Å². The molecule has 3 rings (SSSR count). The van der Waals surface area contributed by atoms with Gasteiger partial charge in [0.15, 0.2) is 0 Å². The molecule has 0 N–H and O–H groups in total.